The third-order valence-corrected chi connectivity index (χ3v) is 3.85. The van der Waals surface area contributed by atoms with Crippen LogP contribution in [0.1, 0.15) is 32.6 Å². The number of carbonyl (C=O) groups excluding carboxylic acids is 1. The predicted molar refractivity (Wildman–Crippen MR) is 39.2 cm³/mol. The Labute approximate surface area is 65.9 Å². The van der Waals surface area contributed by atoms with E-state index in [-0.39, 0.29) is 17.1 Å². The van der Waals surface area contributed by atoms with Crippen molar-refractivity contribution in [2.24, 2.45) is 5.41 Å². The van der Waals surface area contributed by atoms with Crippen molar-refractivity contribution in [1.82, 2.24) is 0 Å². The molecule has 1 saturated heterocycles. The number of epoxide rings is 1. The minimum Gasteiger partial charge on any atom is -0.357 e. The van der Waals surface area contributed by atoms with Crippen molar-refractivity contribution in [3.05, 3.63) is 0 Å². The van der Waals surface area contributed by atoms with Crippen molar-refractivity contribution in [3.8, 4) is 0 Å². The Morgan fingerprint density at radius 2 is 2.36 bits per heavy atom. The molecule has 0 N–H and O–H groups in total. The van der Waals surface area contributed by atoms with Crippen molar-refractivity contribution in [3.63, 3.8) is 0 Å². The summed E-state index contributed by atoms with van der Waals surface area (Å²) in [6.45, 7) is 2.21. The van der Waals surface area contributed by atoms with Crippen LogP contribution in [0.3, 0.4) is 0 Å². The highest BCUT2D eigenvalue weighted by atomic mass is 16.6. The molecule has 3 unspecified atom stereocenters. The Morgan fingerprint density at radius 1 is 1.55 bits per heavy atom. The fourth-order valence-corrected chi connectivity index (χ4v) is 3.12. The maximum atomic E-state index is 11.3. The summed E-state index contributed by atoms with van der Waals surface area (Å²) in [6, 6.07) is 0. The summed E-state index contributed by atoms with van der Waals surface area (Å²) < 4.78 is 5.53. The fraction of sp³-hybridized carbons (Fsp3) is 0.889. The Morgan fingerprint density at radius 3 is 3.00 bits per heavy atom. The van der Waals surface area contributed by atoms with E-state index in [9.17, 15) is 4.79 Å². The van der Waals surface area contributed by atoms with E-state index in [0.29, 0.717) is 5.78 Å². The lowest BCUT2D eigenvalue weighted by atomic mass is 9.81. The maximum Gasteiger partial charge on any atom is 0.165 e. The van der Waals surface area contributed by atoms with E-state index >= 15 is 0 Å². The number of carbonyl (C=O) groups is 1. The number of ether oxygens (including phenoxy) is 1. The Bertz CT molecular complexity index is 244. The highest BCUT2D eigenvalue weighted by Gasteiger charge is 2.76. The van der Waals surface area contributed by atoms with E-state index < -0.39 is 0 Å². The average molecular weight is 152 g/mol. The quantitative estimate of drug-likeness (QED) is 0.489. The summed E-state index contributed by atoms with van der Waals surface area (Å²) in [7, 11) is 0. The standard InChI is InChI=1S/C9H12O2/c1-8-3-2-4-9(8)7(11-9)6(10)5-8/h7H,2-5H2,1H3. The van der Waals surface area contributed by atoms with Gasteiger partial charge in [-0.1, -0.05) is 6.92 Å². The van der Waals surface area contributed by atoms with Gasteiger partial charge < -0.3 is 4.74 Å². The van der Waals surface area contributed by atoms with Gasteiger partial charge in [-0.25, -0.2) is 0 Å². The first kappa shape index (κ1) is 6.18. The van der Waals surface area contributed by atoms with E-state index in [1.807, 2.05) is 0 Å². The molecule has 0 radical (unpaired) electrons. The molecule has 0 aromatic rings. The highest BCUT2D eigenvalue weighted by molar-refractivity contribution is 5.91. The predicted octanol–water partition coefficient (Wildman–Crippen LogP) is 1.29. The molecule has 2 nitrogen and oxygen atoms in total. The summed E-state index contributed by atoms with van der Waals surface area (Å²) in [5.74, 6) is 0.354. The van der Waals surface area contributed by atoms with Crippen LogP contribution in [0.5, 0.6) is 0 Å². The second kappa shape index (κ2) is 1.40. The van der Waals surface area contributed by atoms with Gasteiger partial charge in [-0.3, -0.25) is 4.79 Å². The zero-order valence-corrected chi connectivity index (χ0v) is 6.72. The SMILES string of the molecule is CC12CCCC13OC3C(=O)C2. The molecule has 1 spiro atoms. The van der Waals surface area contributed by atoms with Gasteiger partial charge in [0.05, 0.1) is 0 Å². The first-order chi connectivity index (χ1) is 5.18. The topological polar surface area (TPSA) is 29.6 Å². The van der Waals surface area contributed by atoms with Crippen LogP contribution in [0, 0.1) is 5.41 Å². The first-order valence-corrected chi connectivity index (χ1v) is 4.39. The number of hydrogen-bond acceptors (Lipinski definition) is 2. The molecule has 0 amide bonds. The van der Waals surface area contributed by atoms with Crippen LogP contribution in [0.15, 0.2) is 0 Å². The summed E-state index contributed by atoms with van der Waals surface area (Å²) in [4.78, 5) is 11.3. The average Bonchev–Trinajstić information content (AvgIpc) is 2.48. The van der Waals surface area contributed by atoms with Crippen LogP contribution in [0.25, 0.3) is 0 Å². The summed E-state index contributed by atoms with van der Waals surface area (Å²) >= 11 is 0. The van der Waals surface area contributed by atoms with Crippen LogP contribution in [-0.4, -0.2) is 17.5 Å². The maximum absolute atomic E-state index is 11.3. The third kappa shape index (κ3) is 0.467. The molecule has 60 valence electrons. The van der Waals surface area contributed by atoms with Gasteiger partial charge in [0.1, 0.15) is 11.7 Å². The zero-order valence-electron chi connectivity index (χ0n) is 6.72. The second-order valence-electron chi connectivity index (χ2n) is 4.44. The minimum absolute atomic E-state index is 0.00926. The molecular formula is C9H12O2. The molecule has 0 aromatic heterocycles. The molecular weight excluding hydrogens is 140 g/mol. The Kier molecular flexibility index (Phi) is 0.787. The molecule has 3 fully saturated rings. The van der Waals surface area contributed by atoms with Crippen molar-refractivity contribution in [2.45, 2.75) is 44.3 Å². The highest BCUT2D eigenvalue weighted by Crippen LogP contribution is 2.67. The molecule has 2 heteroatoms. The van der Waals surface area contributed by atoms with Gasteiger partial charge in [0.15, 0.2) is 5.78 Å². The molecule has 0 bridgehead atoms. The van der Waals surface area contributed by atoms with Gasteiger partial charge in [0, 0.05) is 11.8 Å². The summed E-state index contributed by atoms with van der Waals surface area (Å²) in [5, 5.41) is 0. The molecule has 3 aliphatic rings. The molecule has 1 aliphatic heterocycles. The van der Waals surface area contributed by atoms with Gasteiger partial charge in [-0.05, 0) is 19.3 Å². The van der Waals surface area contributed by atoms with Crippen molar-refractivity contribution in [2.75, 3.05) is 0 Å². The van der Waals surface area contributed by atoms with Gasteiger partial charge in [-0.2, -0.15) is 0 Å². The molecule has 0 aromatic carbocycles. The van der Waals surface area contributed by atoms with Gasteiger partial charge in [0.2, 0.25) is 0 Å². The van der Waals surface area contributed by atoms with Crippen molar-refractivity contribution < 1.29 is 9.53 Å². The van der Waals surface area contributed by atoms with Crippen LogP contribution in [0.4, 0.5) is 0 Å². The number of ketones is 1. The fourth-order valence-electron chi connectivity index (χ4n) is 3.12. The van der Waals surface area contributed by atoms with E-state index in [1.165, 1.54) is 12.8 Å². The van der Waals surface area contributed by atoms with Crippen LogP contribution in [0.2, 0.25) is 0 Å². The molecule has 2 aliphatic carbocycles. The number of hydrogen-bond donors (Lipinski definition) is 0. The van der Waals surface area contributed by atoms with Crippen molar-refractivity contribution in [1.29, 1.82) is 0 Å². The zero-order chi connectivity index (χ0) is 7.69. The van der Waals surface area contributed by atoms with Gasteiger partial charge in [0.25, 0.3) is 0 Å². The number of rotatable bonds is 0. The third-order valence-electron chi connectivity index (χ3n) is 3.85. The minimum atomic E-state index is 0.00926. The Hall–Kier alpha value is -0.370. The molecule has 3 atom stereocenters. The molecule has 2 saturated carbocycles. The number of Topliss-reactive ketones (excluding diaryl/α,β-unsaturated/α-hetero) is 1. The monoisotopic (exact) mass is 152 g/mol. The smallest absolute Gasteiger partial charge is 0.165 e. The lowest BCUT2D eigenvalue weighted by molar-refractivity contribution is -0.121. The molecule has 11 heavy (non-hydrogen) atoms. The van der Waals surface area contributed by atoms with Gasteiger partial charge >= 0.3 is 0 Å². The van der Waals surface area contributed by atoms with E-state index in [1.54, 1.807) is 0 Å². The van der Waals surface area contributed by atoms with Crippen LogP contribution < -0.4 is 0 Å². The molecule has 1 heterocycles. The van der Waals surface area contributed by atoms with Crippen LogP contribution >= 0.6 is 0 Å². The van der Waals surface area contributed by atoms with E-state index in [0.717, 1.165) is 12.8 Å². The van der Waals surface area contributed by atoms with E-state index in [4.69, 9.17) is 4.74 Å². The Balaban J connectivity index is 2.09. The lowest BCUT2D eigenvalue weighted by Gasteiger charge is -2.23. The van der Waals surface area contributed by atoms with E-state index in [2.05, 4.69) is 6.92 Å². The summed E-state index contributed by atoms with van der Waals surface area (Å²) in [5.41, 5.74) is 0.249. The van der Waals surface area contributed by atoms with Crippen LogP contribution in [-0.2, 0) is 9.53 Å². The largest absolute Gasteiger partial charge is 0.357 e. The van der Waals surface area contributed by atoms with Gasteiger partial charge in [-0.15, -0.1) is 0 Å². The second-order valence-corrected chi connectivity index (χ2v) is 4.44. The summed E-state index contributed by atoms with van der Waals surface area (Å²) in [6.07, 6.45) is 4.35. The van der Waals surface area contributed by atoms with Crippen molar-refractivity contribution >= 4 is 5.78 Å². The normalized spacial score (nSPS) is 59.4. The first-order valence-electron chi connectivity index (χ1n) is 4.39. The molecule has 3 rings (SSSR count). The lowest BCUT2D eigenvalue weighted by Crippen LogP contribution is -2.26.